The van der Waals surface area contributed by atoms with Gasteiger partial charge in [-0.1, -0.05) is 39.0 Å². The number of nitriles is 1. The number of nitrogens with zero attached hydrogens (tertiary/aromatic N) is 4. The Morgan fingerprint density at radius 3 is 2.88 bits per heavy atom. The number of aromatic nitrogens is 3. The molecule has 1 aromatic carbocycles. The van der Waals surface area contributed by atoms with Gasteiger partial charge in [0.15, 0.2) is 11.6 Å². The Morgan fingerprint density at radius 2 is 2.17 bits per heavy atom. The third kappa shape index (κ3) is 3.64. The van der Waals surface area contributed by atoms with E-state index in [1.165, 1.54) is 0 Å². The van der Waals surface area contributed by atoms with Gasteiger partial charge in [0.2, 0.25) is 0 Å². The van der Waals surface area contributed by atoms with E-state index in [0.29, 0.717) is 6.61 Å². The molecule has 0 spiro atoms. The van der Waals surface area contributed by atoms with Crippen LogP contribution in [0.3, 0.4) is 0 Å². The van der Waals surface area contributed by atoms with Crippen LogP contribution in [0.4, 0.5) is 0 Å². The summed E-state index contributed by atoms with van der Waals surface area (Å²) in [7, 11) is 0. The van der Waals surface area contributed by atoms with E-state index in [-0.39, 0.29) is 11.5 Å². The molecule has 1 atom stereocenters. The first-order valence-corrected chi connectivity index (χ1v) is 8.22. The van der Waals surface area contributed by atoms with Crippen LogP contribution in [-0.2, 0) is 16.7 Å². The lowest BCUT2D eigenvalue weighted by atomic mass is 9.96. The normalized spacial score (nSPS) is 19.2. The fourth-order valence-electron chi connectivity index (χ4n) is 2.77. The lowest BCUT2D eigenvalue weighted by Gasteiger charge is -2.32. The summed E-state index contributed by atoms with van der Waals surface area (Å²) in [5.41, 5.74) is 1.69. The third-order valence-electron chi connectivity index (χ3n) is 4.16. The molecule has 1 saturated heterocycles. The second kappa shape index (κ2) is 6.71. The second-order valence-corrected chi connectivity index (χ2v) is 7.16. The van der Waals surface area contributed by atoms with E-state index < -0.39 is 0 Å². The minimum Gasteiger partial charge on any atom is -0.368 e. The molecule has 126 valence electrons. The average molecular weight is 325 g/mol. The Labute approximate surface area is 142 Å². The number of hydrogen-bond acceptors (Lipinski definition) is 5. The maximum absolute atomic E-state index is 9.24. The van der Waals surface area contributed by atoms with Crippen LogP contribution in [0, 0.1) is 11.3 Å². The highest BCUT2D eigenvalue weighted by Crippen LogP contribution is 2.24. The summed E-state index contributed by atoms with van der Waals surface area (Å²) in [6.45, 7) is 9.23. The lowest BCUT2D eigenvalue weighted by molar-refractivity contribution is -0.0371. The van der Waals surface area contributed by atoms with E-state index in [4.69, 9.17) is 4.74 Å². The molecule has 1 aliphatic heterocycles. The number of nitrogens with one attached hydrogen (secondary N) is 1. The molecule has 0 amide bonds. The molecule has 0 radical (unpaired) electrons. The Hall–Kier alpha value is -2.23. The Kier molecular flexibility index (Phi) is 4.65. The van der Waals surface area contributed by atoms with Crippen LogP contribution in [0.5, 0.6) is 0 Å². The van der Waals surface area contributed by atoms with Crippen molar-refractivity contribution >= 4 is 0 Å². The largest absolute Gasteiger partial charge is 0.368 e. The quantitative estimate of drug-likeness (QED) is 0.938. The van der Waals surface area contributed by atoms with Crippen molar-refractivity contribution in [1.29, 1.82) is 5.26 Å². The van der Waals surface area contributed by atoms with E-state index >= 15 is 0 Å². The maximum atomic E-state index is 9.24. The molecule has 1 aliphatic rings. The van der Waals surface area contributed by atoms with Crippen LogP contribution in [0.2, 0.25) is 0 Å². The highest BCUT2D eigenvalue weighted by molar-refractivity contribution is 5.37. The molecule has 6 heteroatoms. The molecule has 24 heavy (non-hydrogen) atoms. The van der Waals surface area contributed by atoms with Crippen molar-refractivity contribution in [1.82, 2.24) is 20.1 Å². The average Bonchev–Trinajstić information content (AvgIpc) is 3.06. The first-order valence-electron chi connectivity index (χ1n) is 8.22. The van der Waals surface area contributed by atoms with E-state index in [0.717, 1.165) is 42.4 Å². The van der Waals surface area contributed by atoms with Crippen molar-refractivity contribution in [3.8, 4) is 6.07 Å². The number of hydrogen-bond donors (Lipinski definition) is 1. The van der Waals surface area contributed by atoms with Gasteiger partial charge >= 0.3 is 0 Å². The molecule has 0 unspecified atom stereocenters. The number of morpholine rings is 1. The van der Waals surface area contributed by atoms with E-state index in [1.54, 1.807) is 0 Å². The SMILES string of the molecule is CC(C)(C)c1n[nH]c([C@@H]2CN(Cc3ccccc3C#N)CCO2)n1. The fourth-order valence-corrected chi connectivity index (χ4v) is 2.77. The zero-order chi connectivity index (χ0) is 17.2. The van der Waals surface area contributed by atoms with Gasteiger partial charge in [-0.3, -0.25) is 10.00 Å². The zero-order valence-electron chi connectivity index (χ0n) is 14.4. The first-order chi connectivity index (χ1) is 11.5. The van der Waals surface area contributed by atoms with Crippen LogP contribution in [0.1, 0.15) is 49.7 Å². The van der Waals surface area contributed by atoms with Crippen LogP contribution in [0.25, 0.3) is 0 Å². The molecular formula is C18H23N5O. The van der Waals surface area contributed by atoms with Gasteiger partial charge in [-0.15, -0.1) is 0 Å². The van der Waals surface area contributed by atoms with Gasteiger partial charge in [0, 0.05) is 25.0 Å². The molecule has 1 N–H and O–H groups in total. The summed E-state index contributed by atoms with van der Waals surface area (Å²) in [6.07, 6.45) is -0.114. The monoisotopic (exact) mass is 325 g/mol. The predicted octanol–water partition coefficient (Wildman–Crippen LogP) is 2.55. The zero-order valence-corrected chi connectivity index (χ0v) is 14.4. The summed E-state index contributed by atoms with van der Waals surface area (Å²) in [5, 5.41) is 16.6. The van der Waals surface area contributed by atoms with Gasteiger partial charge in [0.1, 0.15) is 6.10 Å². The summed E-state index contributed by atoms with van der Waals surface area (Å²) in [6, 6.07) is 10.00. The Bertz CT molecular complexity index is 740. The Morgan fingerprint density at radius 1 is 1.38 bits per heavy atom. The third-order valence-corrected chi connectivity index (χ3v) is 4.16. The van der Waals surface area contributed by atoms with Crippen LogP contribution in [0.15, 0.2) is 24.3 Å². The molecule has 0 aliphatic carbocycles. The van der Waals surface area contributed by atoms with Crippen molar-refractivity contribution in [2.24, 2.45) is 0 Å². The van der Waals surface area contributed by atoms with Crippen molar-refractivity contribution in [2.75, 3.05) is 19.7 Å². The van der Waals surface area contributed by atoms with Gasteiger partial charge in [-0.05, 0) is 11.6 Å². The van der Waals surface area contributed by atoms with Gasteiger partial charge in [-0.2, -0.15) is 10.4 Å². The van der Waals surface area contributed by atoms with Gasteiger partial charge in [0.25, 0.3) is 0 Å². The van der Waals surface area contributed by atoms with E-state index in [1.807, 2.05) is 24.3 Å². The summed E-state index contributed by atoms with van der Waals surface area (Å²) in [5.74, 6) is 1.58. The highest BCUT2D eigenvalue weighted by Gasteiger charge is 2.27. The van der Waals surface area contributed by atoms with Crippen LogP contribution in [-0.4, -0.2) is 39.8 Å². The molecule has 0 saturated carbocycles. The van der Waals surface area contributed by atoms with E-state index in [2.05, 4.69) is 46.9 Å². The Balaban J connectivity index is 1.71. The minimum absolute atomic E-state index is 0.0885. The molecule has 1 aromatic heterocycles. The van der Waals surface area contributed by atoms with Crippen LogP contribution < -0.4 is 0 Å². The predicted molar refractivity (Wildman–Crippen MR) is 90.2 cm³/mol. The first kappa shape index (κ1) is 16.6. The van der Waals surface area contributed by atoms with Crippen molar-refractivity contribution in [2.45, 2.75) is 38.8 Å². The number of H-pyrrole nitrogens is 1. The summed E-state index contributed by atoms with van der Waals surface area (Å²) >= 11 is 0. The molecule has 6 nitrogen and oxygen atoms in total. The minimum atomic E-state index is -0.114. The molecule has 1 fully saturated rings. The van der Waals surface area contributed by atoms with Crippen molar-refractivity contribution in [3.63, 3.8) is 0 Å². The molecule has 2 heterocycles. The lowest BCUT2D eigenvalue weighted by Crippen LogP contribution is -2.38. The van der Waals surface area contributed by atoms with Gasteiger partial charge in [0.05, 0.1) is 18.2 Å². The number of ether oxygens (including phenoxy) is 1. The fraction of sp³-hybridized carbons (Fsp3) is 0.500. The summed E-state index contributed by atoms with van der Waals surface area (Å²) < 4.78 is 5.87. The van der Waals surface area contributed by atoms with Gasteiger partial charge < -0.3 is 4.74 Å². The summed E-state index contributed by atoms with van der Waals surface area (Å²) in [4.78, 5) is 6.90. The smallest absolute Gasteiger partial charge is 0.156 e. The topological polar surface area (TPSA) is 77.8 Å². The number of rotatable bonds is 3. The number of aromatic amines is 1. The van der Waals surface area contributed by atoms with Crippen molar-refractivity contribution in [3.05, 3.63) is 47.0 Å². The van der Waals surface area contributed by atoms with Crippen molar-refractivity contribution < 1.29 is 4.74 Å². The molecule has 3 rings (SSSR count). The maximum Gasteiger partial charge on any atom is 0.156 e. The standard InChI is InChI=1S/C18H23N5O/c1-18(2,3)17-20-16(21-22-17)15-12-23(8-9-24-15)11-14-7-5-4-6-13(14)10-19/h4-7,15H,8-9,11-12H2,1-3H3,(H,20,21,22)/t15-/m0/s1. The van der Waals surface area contributed by atoms with Crippen LogP contribution >= 0.6 is 0 Å². The highest BCUT2D eigenvalue weighted by atomic mass is 16.5. The molecule has 2 aromatic rings. The van der Waals surface area contributed by atoms with E-state index in [9.17, 15) is 5.26 Å². The van der Waals surface area contributed by atoms with Gasteiger partial charge in [-0.25, -0.2) is 4.98 Å². The number of benzene rings is 1. The molecule has 0 bridgehead atoms. The second-order valence-electron chi connectivity index (χ2n) is 7.16. The molecular weight excluding hydrogens is 302 g/mol.